The lowest BCUT2D eigenvalue weighted by molar-refractivity contribution is -0.151. The van der Waals surface area contributed by atoms with Gasteiger partial charge < -0.3 is 4.74 Å². The number of hydrogen-bond donors (Lipinski definition) is 0. The summed E-state index contributed by atoms with van der Waals surface area (Å²) in [6, 6.07) is 0. The summed E-state index contributed by atoms with van der Waals surface area (Å²) in [4.78, 5) is 11.0. The quantitative estimate of drug-likeness (QED) is 0.475. The zero-order valence-electron chi connectivity index (χ0n) is 8.27. The highest BCUT2D eigenvalue weighted by Crippen LogP contribution is 2.16. The molecule has 2 nitrogen and oxygen atoms in total. The van der Waals surface area contributed by atoms with Crippen molar-refractivity contribution in [2.75, 3.05) is 0 Å². The maximum atomic E-state index is 12.9. The lowest BCUT2D eigenvalue weighted by Gasteiger charge is -2.16. The second kappa shape index (κ2) is 3.33. The zero-order chi connectivity index (χ0) is 9.99. The van der Waals surface area contributed by atoms with Crippen LogP contribution in [0.4, 0.5) is 4.39 Å². The normalized spacial score (nSPS) is 12.5. The number of rotatable bonds is 2. The monoisotopic (exact) mass is 175 g/mol. The largest absolute Gasteiger partial charge is 0.500 e. The molecule has 0 spiro atoms. The molecule has 0 heterocycles. The summed E-state index contributed by atoms with van der Waals surface area (Å²) < 4.78 is 17.7. The maximum Gasteiger partial charge on any atom is 0.500 e. The molecular formula is C9H16FO2+. The molecule has 0 atom stereocenters. The van der Waals surface area contributed by atoms with Crippen molar-refractivity contribution < 1.29 is 13.9 Å². The van der Waals surface area contributed by atoms with Crippen LogP contribution in [0.3, 0.4) is 0 Å². The Hall–Kier alpha value is -0.730. The SMILES string of the molecule is CC(C)(F)[CH+]C(=O)OC(C)(C)C. The van der Waals surface area contributed by atoms with Crippen LogP contribution in [-0.4, -0.2) is 17.2 Å². The van der Waals surface area contributed by atoms with Gasteiger partial charge in [0, 0.05) is 13.8 Å². The molecule has 0 amide bonds. The number of hydrogen-bond acceptors (Lipinski definition) is 2. The molecule has 0 rings (SSSR count). The summed E-state index contributed by atoms with van der Waals surface area (Å²) >= 11 is 0. The van der Waals surface area contributed by atoms with Crippen LogP contribution in [0.5, 0.6) is 0 Å². The molecule has 0 radical (unpaired) electrons. The average Bonchev–Trinajstić information content (AvgIpc) is 1.49. The van der Waals surface area contributed by atoms with Crippen molar-refractivity contribution in [2.24, 2.45) is 0 Å². The number of ether oxygens (including phenoxy) is 1. The van der Waals surface area contributed by atoms with E-state index >= 15 is 0 Å². The van der Waals surface area contributed by atoms with E-state index in [1.54, 1.807) is 20.8 Å². The highest BCUT2D eigenvalue weighted by molar-refractivity contribution is 5.80. The molecule has 0 bridgehead atoms. The van der Waals surface area contributed by atoms with Gasteiger partial charge >= 0.3 is 5.97 Å². The van der Waals surface area contributed by atoms with Gasteiger partial charge in [-0.3, -0.25) is 0 Å². The summed E-state index contributed by atoms with van der Waals surface area (Å²) in [5.74, 6) is -0.616. The molecule has 0 fully saturated rings. The minimum absolute atomic E-state index is 0.557. The highest BCUT2D eigenvalue weighted by Gasteiger charge is 2.35. The van der Waals surface area contributed by atoms with Crippen molar-refractivity contribution in [1.29, 1.82) is 0 Å². The molecule has 70 valence electrons. The van der Waals surface area contributed by atoms with Crippen molar-refractivity contribution in [2.45, 2.75) is 45.9 Å². The number of esters is 1. The van der Waals surface area contributed by atoms with Gasteiger partial charge in [-0.2, -0.15) is 9.18 Å². The standard InChI is InChI=1S/C9H16FO2/c1-8(2,3)12-7(11)6-9(4,5)10/h6H,1-5H3/q+1. The van der Waals surface area contributed by atoms with Crippen LogP contribution in [-0.2, 0) is 9.53 Å². The smallest absolute Gasteiger partial charge is 0.424 e. The van der Waals surface area contributed by atoms with Gasteiger partial charge in [-0.25, -0.2) is 0 Å². The Morgan fingerprint density at radius 1 is 1.25 bits per heavy atom. The number of carbonyl (C=O) groups excluding carboxylic acids is 1. The molecule has 0 aliphatic heterocycles. The average molecular weight is 175 g/mol. The van der Waals surface area contributed by atoms with Crippen molar-refractivity contribution in [3.63, 3.8) is 0 Å². The number of alkyl halides is 1. The van der Waals surface area contributed by atoms with Gasteiger partial charge in [0.25, 0.3) is 5.67 Å². The molecule has 12 heavy (non-hydrogen) atoms. The van der Waals surface area contributed by atoms with E-state index in [1.807, 2.05) is 0 Å². The molecule has 0 aliphatic rings. The van der Waals surface area contributed by atoms with Gasteiger partial charge in [-0.1, -0.05) is 0 Å². The first kappa shape index (κ1) is 11.3. The van der Waals surface area contributed by atoms with Gasteiger partial charge in [0.15, 0.2) is 0 Å². The van der Waals surface area contributed by atoms with Gasteiger partial charge in [0.2, 0.25) is 6.42 Å². The van der Waals surface area contributed by atoms with E-state index in [2.05, 4.69) is 0 Å². The van der Waals surface area contributed by atoms with E-state index in [0.29, 0.717) is 0 Å². The van der Waals surface area contributed by atoms with Crippen molar-refractivity contribution >= 4 is 5.97 Å². The molecule has 0 unspecified atom stereocenters. The highest BCUT2D eigenvalue weighted by atomic mass is 19.1. The second-order valence-electron chi connectivity index (χ2n) is 4.24. The molecule has 0 saturated heterocycles. The third-order valence-corrected chi connectivity index (χ3v) is 0.868. The molecule has 0 aromatic carbocycles. The second-order valence-corrected chi connectivity index (χ2v) is 4.24. The van der Waals surface area contributed by atoms with E-state index in [-0.39, 0.29) is 0 Å². The third kappa shape index (κ3) is 7.38. The van der Waals surface area contributed by atoms with Crippen molar-refractivity contribution in [1.82, 2.24) is 0 Å². The fourth-order valence-electron chi connectivity index (χ4n) is 0.611. The van der Waals surface area contributed by atoms with Gasteiger partial charge in [-0.15, -0.1) is 0 Å². The molecule has 3 heteroatoms. The van der Waals surface area contributed by atoms with E-state index in [4.69, 9.17) is 4.74 Å². The molecule has 0 aliphatic carbocycles. The molecule has 0 aromatic rings. The minimum Gasteiger partial charge on any atom is -0.424 e. The van der Waals surface area contributed by atoms with Crippen LogP contribution >= 0.6 is 0 Å². The molecule has 0 saturated carbocycles. The van der Waals surface area contributed by atoms with Crippen molar-refractivity contribution in [3.05, 3.63) is 6.42 Å². The summed E-state index contributed by atoms with van der Waals surface area (Å²) in [5.41, 5.74) is -2.17. The van der Waals surface area contributed by atoms with Gasteiger partial charge in [0.1, 0.15) is 5.60 Å². The fourth-order valence-corrected chi connectivity index (χ4v) is 0.611. The van der Waals surface area contributed by atoms with Crippen LogP contribution < -0.4 is 0 Å². The lowest BCUT2D eigenvalue weighted by Crippen LogP contribution is -2.28. The fraction of sp³-hybridized carbons (Fsp3) is 0.778. The topological polar surface area (TPSA) is 26.3 Å². The number of carbonyl (C=O) groups is 1. The Morgan fingerprint density at radius 3 is 1.92 bits per heavy atom. The molecule has 0 aromatic heterocycles. The molecular weight excluding hydrogens is 159 g/mol. The van der Waals surface area contributed by atoms with Crippen LogP contribution in [0.2, 0.25) is 0 Å². The Labute approximate surface area is 73.1 Å². The Morgan fingerprint density at radius 2 is 1.67 bits per heavy atom. The van der Waals surface area contributed by atoms with Crippen LogP contribution in [0, 0.1) is 6.42 Å². The van der Waals surface area contributed by atoms with E-state index in [0.717, 1.165) is 6.42 Å². The van der Waals surface area contributed by atoms with E-state index < -0.39 is 17.2 Å². The Balaban J connectivity index is 3.92. The van der Waals surface area contributed by atoms with Crippen LogP contribution in [0.15, 0.2) is 0 Å². The Bertz CT molecular complexity index is 144. The third-order valence-electron chi connectivity index (χ3n) is 0.868. The predicted octanol–water partition coefficient (Wildman–Crippen LogP) is 2.28. The van der Waals surface area contributed by atoms with Crippen molar-refractivity contribution in [3.8, 4) is 0 Å². The molecule has 0 N–H and O–H groups in total. The first-order valence-electron chi connectivity index (χ1n) is 3.88. The van der Waals surface area contributed by atoms with E-state index in [9.17, 15) is 9.18 Å². The minimum atomic E-state index is -1.61. The van der Waals surface area contributed by atoms with Gasteiger partial charge in [0.05, 0.1) is 0 Å². The Kier molecular flexibility index (Phi) is 3.13. The first-order chi connectivity index (χ1) is 5.10. The maximum absolute atomic E-state index is 12.9. The number of halogens is 1. The predicted molar refractivity (Wildman–Crippen MR) is 45.3 cm³/mol. The first-order valence-corrected chi connectivity index (χ1v) is 3.88. The summed E-state index contributed by atoms with van der Waals surface area (Å²) in [5, 5.41) is 0. The van der Waals surface area contributed by atoms with Crippen LogP contribution in [0.25, 0.3) is 0 Å². The summed E-state index contributed by atoms with van der Waals surface area (Å²) in [7, 11) is 0. The summed E-state index contributed by atoms with van der Waals surface area (Å²) in [6.07, 6.45) is 0.929. The lowest BCUT2D eigenvalue weighted by atomic mass is 10.1. The summed E-state index contributed by atoms with van der Waals surface area (Å²) in [6.45, 7) is 7.83. The van der Waals surface area contributed by atoms with E-state index in [1.165, 1.54) is 13.8 Å². The van der Waals surface area contributed by atoms with Crippen LogP contribution in [0.1, 0.15) is 34.6 Å². The van der Waals surface area contributed by atoms with Gasteiger partial charge in [-0.05, 0) is 20.8 Å². The zero-order valence-corrected chi connectivity index (χ0v) is 8.27.